The van der Waals surface area contributed by atoms with E-state index in [2.05, 4.69) is 19.2 Å². The first kappa shape index (κ1) is 15.3. The predicted molar refractivity (Wildman–Crippen MR) is 73.7 cm³/mol. The Morgan fingerprint density at radius 1 is 1.39 bits per heavy atom. The Kier molecular flexibility index (Phi) is 7.09. The van der Waals surface area contributed by atoms with Gasteiger partial charge in [0.05, 0.1) is 0 Å². The maximum absolute atomic E-state index is 12.0. The van der Waals surface area contributed by atoms with Crippen LogP contribution in [0.2, 0.25) is 0 Å². The maximum atomic E-state index is 12.0. The Bertz CT molecular complexity index is 246. The van der Waals surface area contributed by atoms with Crippen LogP contribution in [0.25, 0.3) is 0 Å². The second kappa shape index (κ2) is 8.35. The first-order valence-corrected chi connectivity index (χ1v) is 7.27. The molecule has 0 spiro atoms. The maximum Gasteiger partial charge on any atom is 0.317 e. The Morgan fingerprint density at radius 3 is 2.83 bits per heavy atom. The number of carbonyl (C=O) groups excluding carboxylic acids is 1. The summed E-state index contributed by atoms with van der Waals surface area (Å²) in [7, 11) is 0. The standard InChI is InChI=1S/C14H28N2O2/c1-4-18-10-6-5-8-15-14(17)16-9-7-12(2)11-13(16)3/h12-13H,4-11H2,1-3H3,(H,15,17)/t12-,13-/m1/s1. The van der Waals surface area contributed by atoms with Crippen molar-refractivity contribution in [1.82, 2.24) is 10.2 Å². The fraction of sp³-hybridized carbons (Fsp3) is 0.929. The van der Waals surface area contributed by atoms with E-state index in [1.165, 1.54) is 0 Å². The fourth-order valence-corrected chi connectivity index (χ4v) is 2.48. The van der Waals surface area contributed by atoms with Crippen molar-refractivity contribution in [3.63, 3.8) is 0 Å². The van der Waals surface area contributed by atoms with Crippen molar-refractivity contribution in [3.05, 3.63) is 0 Å². The summed E-state index contributed by atoms with van der Waals surface area (Å²) >= 11 is 0. The Morgan fingerprint density at radius 2 is 2.17 bits per heavy atom. The van der Waals surface area contributed by atoms with E-state index in [-0.39, 0.29) is 6.03 Å². The van der Waals surface area contributed by atoms with Crippen LogP contribution < -0.4 is 5.32 Å². The van der Waals surface area contributed by atoms with Gasteiger partial charge in [0.1, 0.15) is 0 Å². The topological polar surface area (TPSA) is 41.6 Å². The van der Waals surface area contributed by atoms with E-state index in [9.17, 15) is 4.79 Å². The molecule has 106 valence electrons. The minimum absolute atomic E-state index is 0.103. The summed E-state index contributed by atoms with van der Waals surface area (Å²) in [5.41, 5.74) is 0. The lowest BCUT2D eigenvalue weighted by Gasteiger charge is -2.36. The number of likely N-dealkylation sites (tertiary alicyclic amines) is 1. The summed E-state index contributed by atoms with van der Waals surface area (Å²) in [6, 6.07) is 0.475. The molecular formula is C14H28N2O2. The Labute approximate surface area is 111 Å². The second-order valence-corrected chi connectivity index (χ2v) is 5.31. The molecule has 2 amide bonds. The third-order valence-electron chi connectivity index (χ3n) is 3.60. The van der Waals surface area contributed by atoms with Gasteiger partial charge in [-0.25, -0.2) is 4.79 Å². The number of hydrogen-bond donors (Lipinski definition) is 1. The van der Waals surface area contributed by atoms with Gasteiger partial charge < -0.3 is 15.0 Å². The van der Waals surface area contributed by atoms with Crippen LogP contribution in [0.5, 0.6) is 0 Å². The van der Waals surface area contributed by atoms with Crippen molar-refractivity contribution < 1.29 is 9.53 Å². The van der Waals surface area contributed by atoms with Gasteiger partial charge in [0.2, 0.25) is 0 Å². The third-order valence-corrected chi connectivity index (χ3v) is 3.60. The number of carbonyl (C=O) groups is 1. The largest absolute Gasteiger partial charge is 0.382 e. The monoisotopic (exact) mass is 256 g/mol. The molecule has 4 heteroatoms. The molecule has 0 radical (unpaired) electrons. The molecule has 0 unspecified atom stereocenters. The molecule has 0 aromatic heterocycles. The summed E-state index contributed by atoms with van der Waals surface area (Å²) in [5, 5.41) is 3.01. The predicted octanol–water partition coefficient (Wildman–Crippen LogP) is 2.63. The molecule has 0 aromatic rings. The van der Waals surface area contributed by atoms with E-state index in [4.69, 9.17) is 4.74 Å². The fourth-order valence-electron chi connectivity index (χ4n) is 2.48. The summed E-state index contributed by atoms with van der Waals surface area (Å²) in [5.74, 6) is 0.746. The van der Waals surface area contributed by atoms with E-state index >= 15 is 0 Å². The first-order chi connectivity index (χ1) is 8.65. The van der Waals surface area contributed by atoms with E-state index in [1.807, 2.05) is 11.8 Å². The zero-order chi connectivity index (χ0) is 13.4. The van der Waals surface area contributed by atoms with Crippen molar-refractivity contribution >= 4 is 6.03 Å². The molecule has 1 rings (SSSR count). The highest BCUT2D eigenvalue weighted by Gasteiger charge is 2.26. The van der Waals surface area contributed by atoms with Gasteiger partial charge in [-0.3, -0.25) is 0 Å². The van der Waals surface area contributed by atoms with Crippen molar-refractivity contribution in [2.45, 2.75) is 52.5 Å². The van der Waals surface area contributed by atoms with Gasteiger partial charge >= 0.3 is 6.03 Å². The van der Waals surface area contributed by atoms with Crippen LogP contribution in [0.4, 0.5) is 4.79 Å². The lowest BCUT2D eigenvalue weighted by molar-refractivity contribution is 0.136. The first-order valence-electron chi connectivity index (χ1n) is 7.27. The van der Waals surface area contributed by atoms with Crippen LogP contribution in [0.3, 0.4) is 0 Å². The number of amides is 2. The molecule has 1 heterocycles. The van der Waals surface area contributed by atoms with Crippen molar-refractivity contribution in [2.75, 3.05) is 26.3 Å². The molecule has 1 saturated heterocycles. The number of nitrogens with one attached hydrogen (secondary N) is 1. The molecule has 0 aliphatic carbocycles. The highest BCUT2D eigenvalue weighted by molar-refractivity contribution is 5.74. The molecule has 4 nitrogen and oxygen atoms in total. The average molecular weight is 256 g/mol. The lowest BCUT2D eigenvalue weighted by Crippen LogP contribution is -2.49. The van der Waals surface area contributed by atoms with Gasteiger partial charge in [0, 0.05) is 32.3 Å². The van der Waals surface area contributed by atoms with Crippen LogP contribution >= 0.6 is 0 Å². The summed E-state index contributed by atoms with van der Waals surface area (Å²) in [4.78, 5) is 14.0. The van der Waals surface area contributed by atoms with Gasteiger partial charge in [0.15, 0.2) is 0 Å². The van der Waals surface area contributed by atoms with Gasteiger partial charge in [0.25, 0.3) is 0 Å². The number of urea groups is 1. The van der Waals surface area contributed by atoms with E-state index in [0.29, 0.717) is 6.04 Å². The molecule has 2 atom stereocenters. The van der Waals surface area contributed by atoms with Gasteiger partial charge in [-0.2, -0.15) is 0 Å². The number of nitrogens with zero attached hydrogens (tertiary/aromatic N) is 1. The number of hydrogen-bond acceptors (Lipinski definition) is 2. The highest BCUT2D eigenvalue weighted by Crippen LogP contribution is 2.21. The van der Waals surface area contributed by atoms with Gasteiger partial charge in [-0.1, -0.05) is 6.92 Å². The van der Waals surface area contributed by atoms with Gasteiger partial charge in [-0.05, 0) is 45.4 Å². The van der Waals surface area contributed by atoms with Gasteiger partial charge in [-0.15, -0.1) is 0 Å². The van der Waals surface area contributed by atoms with Crippen LogP contribution in [0.1, 0.15) is 46.5 Å². The SMILES string of the molecule is CCOCCCCNC(=O)N1CC[C@@H](C)C[C@H]1C. The zero-order valence-corrected chi connectivity index (χ0v) is 12.1. The molecule has 18 heavy (non-hydrogen) atoms. The van der Waals surface area contributed by atoms with E-state index in [0.717, 1.165) is 57.9 Å². The Hall–Kier alpha value is -0.770. The number of piperidine rings is 1. The summed E-state index contributed by atoms with van der Waals surface area (Å²) in [6.45, 7) is 9.63. The van der Waals surface area contributed by atoms with Crippen molar-refractivity contribution in [2.24, 2.45) is 5.92 Å². The van der Waals surface area contributed by atoms with E-state index < -0.39 is 0 Å². The van der Waals surface area contributed by atoms with Crippen LogP contribution in [-0.4, -0.2) is 43.3 Å². The Balaban J connectivity index is 2.12. The van der Waals surface area contributed by atoms with Crippen molar-refractivity contribution in [3.8, 4) is 0 Å². The minimum atomic E-state index is 0.103. The van der Waals surface area contributed by atoms with Crippen LogP contribution in [-0.2, 0) is 4.74 Å². The number of rotatable bonds is 6. The van der Waals surface area contributed by atoms with Crippen LogP contribution in [0, 0.1) is 5.92 Å². The third kappa shape index (κ3) is 5.25. The average Bonchev–Trinajstić information content (AvgIpc) is 2.33. The highest BCUT2D eigenvalue weighted by atomic mass is 16.5. The molecule has 1 aliphatic heterocycles. The zero-order valence-electron chi connectivity index (χ0n) is 12.1. The molecule has 0 bridgehead atoms. The number of unbranched alkanes of at least 4 members (excludes halogenated alkanes) is 1. The summed E-state index contributed by atoms with van der Waals surface area (Å²) in [6.07, 6.45) is 4.25. The minimum Gasteiger partial charge on any atom is -0.382 e. The second-order valence-electron chi connectivity index (χ2n) is 5.31. The molecule has 0 saturated carbocycles. The normalized spacial score (nSPS) is 24.1. The molecule has 1 aliphatic rings. The smallest absolute Gasteiger partial charge is 0.317 e. The quantitative estimate of drug-likeness (QED) is 0.742. The van der Waals surface area contributed by atoms with Crippen LogP contribution in [0.15, 0.2) is 0 Å². The van der Waals surface area contributed by atoms with E-state index in [1.54, 1.807) is 0 Å². The van der Waals surface area contributed by atoms with Crippen molar-refractivity contribution in [1.29, 1.82) is 0 Å². The molecule has 0 aromatic carbocycles. The molecule has 1 fully saturated rings. The summed E-state index contributed by atoms with van der Waals surface area (Å²) < 4.78 is 5.26. The molecule has 1 N–H and O–H groups in total. The lowest BCUT2D eigenvalue weighted by atomic mass is 9.94. The number of ether oxygens (including phenoxy) is 1. The molecular weight excluding hydrogens is 228 g/mol.